The number of alkyl halides is 4. The molecule has 1 aromatic carbocycles. The maximum Gasteiger partial charge on any atom is 0.418 e. The van der Waals surface area contributed by atoms with E-state index in [1.54, 1.807) is 0 Å². The molecule has 0 spiro atoms. The van der Waals surface area contributed by atoms with E-state index in [1.165, 1.54) is 41.7 Å². The smallest absolute Gasteiger partial charge is 0.379 e. The van der Waals surface area contributed by atoms with Crippen molar-refractivity contribution in [1.82, 2.24) is 0 Å². The van der Waals surface area contributed by atoms with Crippen LogP contribution in [0.15, 0.2) is 12.1 Å². The summed E-state index contributed by atoms with van der Waals surface area (Å²) in [5.41, 5.74) is -3.53. The molecule has 4 nitrogen and oxygen atoms in total. The second kappa shape index (κ2) is 6.50. The molecule has 1 amide bonds. The van der Waals surface area contributed by atoms with Gasteiger partial charge in [-0.05, 0) is 41.6 Å². The first kappa shape index (κ1) is 18.2. The van der Waals surface area contributed by atoms with Gasteiger partial charge in [-0.15, -0.1) is 0 Å². The van der Waals surface area contributed by atoms with Gasteiger partial charge in [0.15, 0.2) is 0 Å². The summed E-state index contributed by atoms with van der Waals surface area (Å²) in [5.74, 6) is -0.852. The second-order valence-electron chi connectivity index (χ2n) is 4.32. The highest BCUT2D eigenvalue weighted by molar-refractivity contribution is 14.1. The number of nitriles is 1. The lowest BCUT2D eigenvalue weighted by Crippen LogP contribution is -2.41. The summed E-state index contributed by atoms with van der Waals surface area (Å²) >= 11 is 4.35. The predicted octanol–water partition coefficient (Wildman–Crippen LogP) is 3.27. The van der Waals surface area contributed by atoms with Crippen molar-refractivity contribution in [2.24, 2.45) is 0 Å². The molecule has 0 aliphatic carbocycles. The highest BCUT2D eigenvalue weighted by atomic mass is 127. The fraction of sp³-hybridized carbons (Fsp3) is 0.333. The van der Waals surface area contributed by atoms with Gasteiger partial charge < -0.3 is 10.4 Å². The molecule has 0 saturated heterocycles. The molecule has 114 valence electrons. The average molecular weight is 477 g/mol. The van der Waals surface area contributed by atoms with Crippen molar-refractivity contribution in [2.75, 3.05) is 10.6 Å². The number of amides is 1. The fourth-order valence-corrected chi connectivity index (χ4v) is 2.53. The summed E-state index contributed by atoms with van der Waals surface area (Å²) < 4.78 is 38.7. The molecule has 0 bridgehead atoms. The van der Waals surface area contributed by atoms with Crippen molar-refractivity contribution in [2.45, 2.75) is 18.7 Å². The van der Waals surface area contributed by atoms with Gasteiger partial charge in [-0.2, -0.15) is 18.4 Å². The normalized spacial score (nSPS) is 14.2. The lowest BCUT2D eigenvalue weighted by Gasteiger charge is -2.21. The van der Waals surface area contributed by atoms with Crippen molar-refractivity contribution < 1.29 is 23.1 Å². The van der Waals surface area contributed by atoms with Crippen LogP contribution in [0.1, 0.15) is 18.1 Å². The van der Waals surface area contributed by atoms with E-state index >= 15 is 0 Å². The standard InChI is InChI=1S/C12H9BrF3IN2O2/c1-11(21,5-13)10(20)19-7-3-2-6(4-18)8(9(7)17)12(14,15)16/h2-3,21H,5H2,1H3,(H,19,20)/t11-/m0/s1. The number of hydrogen-bond acceptors (Lipinski definition) is 3. The van der Waals surface area contributed by atoms with Gasteiger partial charge in [0.2, 0.25) is 0 Å². The van der Waals surface area contributed by atoms with Gasteiger partial charge in [0.05, 0.1) is 26.5 Å². The van der Waals surface area contributed by atoms with Gasteiger partial charge in [0.25, 0.3) is 5.91 Å². The first-order valence-electron chi connectivity index (χ1n) is 5.44. The number of aliphatic hydroxyl groups is 1. The van der Waals surface area contributed by atoms with E-state index in [4.69, 9.17) is 5.26 Å². The molecule has 0 aliphatic rings. The molecular weight excluding hydrogens is 468 g/mol. The van der Waals surface area contributed by atoms with E-state index in [9.17, 15) is 23.1 Å². The number of carbonyl (C=O) groups excluding carboxylic acids is 1. The van der Waals surface area contributed by atoms with Crippen LogP contribution in [0.25, 0.3) is 0 Å². The van der Waals surface area contributed by atoms with Crippen LogP contribution in [-0.4, -0.2) is 21.9 Å². The minimum atomic E-state index is -4.72. The van der Waals surface area contributed by atoms with Gasteiger partial charge in [0, 0.05) is 5.33 Å². The molecule has 0 heterocycles. The Morgan fingerprint density at radius 3 is 2.52 bits per heavy atom. The lowest BCUT2D eigenvalue weighted by molar-refractivity contribution is -0.138. The molecule has 1 atom stereocenters. The van der Waals surface area contributed by atoms with Crippen LogP contribution < -0.4 is 5.32 Å². The first-order chi connectivity index (χ1) is 9.54. The SMILES string of the molecule is C[C@](O)(CBr)C(=O)Nc1ccc(C#N)c(C(F)(F)F)c1I. The van der Waals surface area contributed by atoms with Crippen LogP contribution in [0.3, 0.4) is 0 Å². The van der Waals surface area contributed by atoms with Crippen molar-refractivity contribution in [3.8, 4) is 6.07 Å². The Balaban J connectivity index is 3.30. The van der Waals surface area contributed by atoms with Crippen LogP contribution >= 0.6 is 38.5 Å². The third-order valence-corrected chi connectivity index (χ3v) is 4.76. The fourth-order valence-electron chi connectivity index (χ4n) is 1.36. The van der Waals surface area contributed by atoms with Crippen molar-refractivity contribution in [3.63, 3.8) is 0 Å². The van der Waals surface area contributed by atoms with Crippen molar-refractivity contribution in [1.29, 1.82) is 5.26 Å². The molecule has 2 N–H and O–H groups in total. The van der Waals surface area contributed by atoms with Gasteiger partial charge in [-0.1, -0.05) is 15.9 Å². The van der Waals surface area contributed by atoms with Gasteiger partial charge in [0.1, 0.15) is 5.60 Å². The van der Waals surface area contributed by atoms with E-state index in [1.807, 2.05) is 0 Å². The zero-order valence-electron chi connectivity index (χ0n) is 10.6. The number of nitrogens with one attached hydrogen (secondary N) is 1. The van der Waals surface area contributed by atoms with Crippen molar-refractivity contribution >= 4 is 50.1 Å². The molecule has 0 aliphatic heterocycles. The monoisotopic (exact) mass is 476 g/mol. The number of rotatable bonds is 3. The largest absolute Gasteiger partial charge is 0.418 e. The third-order valence-electron chi connectivity index (χ3n) is 2.54. The van der Waals surface area contributed by atoms with Crippen LogP contribution in [0.2, 0.25) is 0 Å². The summed E-state index contributed by atoms with van der Waals surface area (Å²) in [6.45, 7) is 1.22. The summed E-state index contributed by atoms with van der Waals surface area (Å²) in [6.07, 6.45) is -4.72. The summed E-state index contributed by atoms with van der Waals surface area (Å²) in [4.78, 5) is 11.8. The first-order valence-corrected chi connectivity index (χ1v) is 7.64. The Bertz CT molecular complexity index is 612. The van der Waals surface area contributed by atoms with E-state index in [0.717, 1.165) is 6.07 Å². The highest BCUT2D eigenvalue weighted by Gasteiger charge is 2.38. The molecule has 0 saturated carbocycles. The van der Waals surface area contributed by atoms with Gasteiger partial charge in [-0.3, -0.25) is 4.79 Å². The summed E-state index contributed by atoms with van der Waals surface area (Å²) in [7, 11) is 0. The molecule has 0 fully saturated rings. The molecule has 0 unspecified atom stereocenters. The maximum absolute atomic E-state index is 13.0. The minimum Gasteiger partial charge on any atom is -0.379 e. The number of anilines is 1. The number of hydrogen-bond donors (Lipinski definition) is 2. The third kappa shape index (κ3) is 4.08. The Labute approximate surface area is 140 Å². The Hall–Kier alpha value is -0.860. The number of carbonyl (C=O) groups is 1. The summed E-state index contributed by atoms with van der Waals surface area (Å²) in [6, 6.07) is 3.64. The second-order valence-corrected chi connectivity index (χ2v) is 5.96. The van der Waals surface area contributed by atoms with Crippen LogP contribution in [0.5, 0.6) is 0 Å². The van der Waals surface area contributed by atoms with E-state index in [0.29, 0.717) is 0 Å². The minimum absolute atomic E-state index is 0.0786. The zero-order valence-corrected chi connectivity index (χ0v) is 14.3. The molecule has 0 aromatic heterocycles. The molecule has 0 radical (unpaired) electrons. The molecule has 1 aromatic rings. The highest BCUT2D eigenvalue weighted by Crippen LogP contribution is 2.38. The average Bonchev–Trinajstić information content (AvgIpc) is 2.38. The van der Waals surface area contributed by atoms with E-state index in [2.05, 4.69) is 21.2 Å². The maximum atomic E-state index is 13.0. The molecule has 9 heteroatoms. The van der Waals surface area contributed by atoms with Gasteiger partial charge >= 0.3 is 6.18 Å². The molecular formula is C12H9BrF3IN2O2. The van der Waals surface area contributed by atoms with Crippen molar-refractivity contribution in [3.05, 3.63) is 26.8 Å². The Kier molecular flexibility index (Phi) is 5.63. The lowest BCUT2D eigenvalue weighted by atomic mass is 10.1. The van der Waals surface area contributed by atoms with Crippen LogP contribution in [0, 0.1) is 14.9 Å². The van der Waals surface area contributed by atoms with E-state index in [-0.39, 0.29) is 14.6 Å². The van der Waals surface area contributed by atoms with Crippen LogP contribution in [0.4, 0.5) is 18.9 Å². The van der Waals surface area contributed by atoms with Crippen LogP contribution in [-0.2, 0) is 11.0 Å². The Morgan fingerprint density at radius 1 is 1.52 bits per heavy atom. The molecule has 21 heavy (non-hydrogen) atoms. The zero-order chi connectivity index (χ0) is 16.4. The number of nitrogens with zero attached hydrogens (tertiary/aromatic N) is 1. The molecule has 1 rings (SSSR count). The number of benzene rings is 1. The predicted molar refractivity (Wildman–Crippen MR) is 81.9 cm³/mol. The number of halogens is 5. The quantitative estimate of drug-likeness (QED) is 0.519. The van der Waals surface area contributed by atoms with Gasteiger partial charge in [-0.25, -0.2) is 0 Å². The Morgan fingerprint density at radius 2 is 2.10 bits per heavy atom. The van der Waals surface area contributed by atoms with E-state index < -0.39 is 28.8 Å². The summed E-state index contributed by atoms with van der Waals surface area (Å²) in [5, 5.41) is 20.6. The topological polar surface area (TPSA) is 73.1 Å².